The van der Waals surface area contributed by atoms with Gasteiger partial charge in [-0.1, -0.05) is 6.42 Å². The maximum Gasteiger partial charge on any atom is 0.226 e. The van der Waals surface area contributed by atoms with Crippen molar-refractivity contribution in [3.8, 4) is 0 Å². The van der Waals surface area contributed by atoms with Crippen LogP contribution in [0.5, 0.6) is 0 Å². The lowest BCUT2D eigenvalue weighted by Crippen LogP contribution is -2.05. The second-order valence-electron chi connectivity index (χ2n) is 3.51. The van der Waals surface area contributed by atoms with Gasteiger partial charge in [-0.05, 0) is 12.8 Å². The molecular weight excluding hydrogens is 208 g/mol. The maximum atomic E-state index is 10.5. The molecule has 1 aliphatic carbocycles. The molecule has 0 radical (unpaired) electrons. The van der Waals surface area contributed by atoms with E-state index in [2.05, 4.69) is 15.0 Å². The Labute approximate surface area is 93.5 Å². The first-order valence-electron chi connectivity index (χ1n) is 5.12. The van der Waals surface area contributed by atoms with E-state index in [9.17, 15) is 4.79 Å². The smallest absolute Gasteiger partial charge is 0.226 e. The van der Waals surface area contributed by atoms with Crippen LogP contribution in [-0.2, 0) is 4.79 Å². The third-order valence-electron chi connectivity index (χ3n) is 2.10. The molecule has 2 rings (SSSR count). The zero-order valence-corrected chi connectivity index (χ0v) is 9.02. The molecule has 1 aliphatic rings. The number of hydrogen-bond donors (Lipinski definition) is 3. The predicted octanol–water partition coefficient (Wildman–Crippen LogP) is 0.138. The van der Waals surface area contributed by atoms with E-state index >= 15 is 0 Å². The number of hydrogen-bond acceptors (Lipinski definition) is 7. The van der Waals surface area contributed by atoms with Crippen LogP contribution in [-0.4, -0.2) is 20.7 Å². The highest BCUT2D eigenvalue weighted by molar-refractivity contribution is 5.78. The van der Waals surface area contributed by atoms with Gasteiger partial charge in [-0.25, -0.2) is 0 Å². The van der Waals surface area contributed by atoms with Crippen molar-refractivity contribution in [1.29, 1.82) is 0 Å². The second-order valence-corrected chi connectivity index (χ2v) is 3.51. The van der Waals surface area contributed by atoms with Crippen molar-refractivity contribution in [2.24, 2.45) is 0 Å². The van der Waals surface area contributed by atoms with Crippen molar-refractivity contribution < 1.29 is 4.79 Å². The van der Waals surface area contributed by atoms with Gasteiger partial charge in [0.2, 0.25) is 17.8 Å². The van der Waals surface area contributed by atoms with Crippen molar-refractivity contribution >= 4 is 23.6 Å². The third-order valence-corrected chi connectivity index (χ3v) is 2.10. The molecule has 1 aromatic heterocycles. The maximum absolute atomic E-state index is 10.5. The SMILES string of the molecule is Nc1nc(N)nc(N)n1.O=C1CCCCC1. The van der Waals surface area contributed by atoms with Gasteiger partial charge in [0.05, 0.1) is 0 Å². The molecule has 6 N–H and O–H groups in total. The number of ketones is 1. The number of rotatable bonds is 0. The van der Waals surface area contributed by atoms with E-state index < -0.39 is 0 Å². The monoisotopic (exact) mass is 224 g/mol. The molecule has 1 aromatic rings. The summed E-state index contributed by atoms with van der Waals surface area (Å²) in [5.74, 6) is 0.589. The average molecular weight is 224 g/mol. The number of nitrogen functional groups attached to an aromatic ring is 3. The Balaban J connectivity index is 0.000000165. The van der Waals surface area contributed by atoms with Gasteiger partial charge in [-0.3, -0.25) is 4.79 Å². The number of carbonyl (C=O) groups excluding carboxylic acids is 1. The molecular formula is C9H16N6O. The summed E-state index contributed by atoms with van der Waals surface area (Å²) in [6.07, 6.45) is 5.24. The molecule has 0 spiro atoms. The normalized spacial score (nSPS) is 15.1. The molecule has 0 aromatic carbocycles. The Bertz CT molecular complexity index is 309. The molecule has 0 atom stereocenters. The fraction of sp³-hybridized carbons (Fsp3) is 0.556. The van der Waals surface area contributed by atoms with E-state index in [1.165, 1.54) is 6.42 Å². The van der Waals surface area contributed by atoms with Crippen LogP contribution in [0, 0.1) is 0 Å². The Hall–Kier alpha value is -1.92. The first-order chi connectivity index (χ1) is 7.58. The summed E-state index contributed by atoms with van der Waals surface area (Å²) in [7, 11) is 0. The van der Waals surface area contributed by atoms with Crippen molar-refractivity contribution in [3.05, 3.63) is 0 Å². The zero-order valence-electron chi connectivity index (χ0n) is 9.02. The van der Waals surface area contributed by atoms with Crippen LogP contribution >= 0.6 is 0 Å². The van der Waals surface area contributed by atoms with Gasteiger partial charge in [0.25, 0.3) is 0 Å². The molecule has 7 heteroatoms. The number of nitrogens with zero attached hydrogens (tertiary/aromatic N) is 3. The van der Waals surface area contributed by atoms with Crippen LogP contribution in [0.1, 0.15) is 32.1 Å². The van der Waals surface area contributed by atoms with Crippen molar-refractivity contribution in [2.45, 2.75) is 32.1 Å². The number of carbonyl (C=O) groups is 1. The minimum absolute atomic E-state index is 0.0417. The lowest BCUT2D eigenvalue weighted by molar-refractivity contribution is -0.120. The summed E-state index contributed by atoms with van der Waals surface area (Å²) >= 11 is 0. The summed E-state index contributed by atoms with van der Waals surface area (Å²) in [5.41, 5.74) is 15.4. The minimum Gasteiger partial charge on any atom is -0.368 e. The highest BCUT2D eigenvalue weighted by Crippen LogP contribution is 2.12. The lowest BCUT2D eigenvalue weighted by Gasteiger charge is -2.05. The van der Waals surface area contributed by atoms with E-state index in [0.717, 1.165) is 25.7 Å². The van der Waals surface area contributed by atoms with E-state index in [1.54, 1.807) is 0 Å². The summed E-state index contributed by atoms with van der Waals surface area (Å²) in [6.45, 7) is 0. The Morgan fingerprint density at radius 2 is 1.12 bits per heavy atom. The Kier molecular flexibility index (Phi) is 4.43. The molecule has 16 heavy (non-hydrogen) atoms. The number of anilines is 3. The van der Waals surface area contributed by atoms with E-state index in [-0.39, 0.29) is 17.8 Å². The van der Waals surface area contributed by atoms with Crippen LogP contribution in [0.2, 0.25) is 0 Å². The molecule has 88 valence electrons. The largest absolute Gasteiger partial charge is 0.368 e. The number of Topliss-reactive ketones (excluding diaryl/α,β-unsaturated/α-hetero) is 1. The summed E-state index contributed by atoms with van der Waals surface area (Å²) < 4.78 is 0. The standard InChI is InChI=1S/C6H10O.C3H6N6/c7-6-4-2-1-3-5-6;4-1-7-2(5)9-3(6)8-1/h1-5H2;(H6,4,5,6,7,8,9). The lowest BCUT2D eigenvalue weighted by atomic mass is 10.00. The van der Waals surface area contributed by atoms with E-state index in [0.29, 0.717) is 5.78 Å². The molecule has 1 heterocycles. The van der Waals surface area contributed by atoms with Crippen LogP contribution in [0.25, 0.3) is 0 Å². The highest BCUT2D eigenvalue weighted by Gasteiger charge is 2.05. The molecule has 0 aliphatic heterocycles. The van der Waals surface area contributed by atoms with E-state index in [4.69, 9.17) is 17.2 Å². The van der Waals surface area contributed by atoms with Crippen molar-refractivity contribution in [3.63, 3.8) is 0 Å². The Morgan fingerprint density at radius 3 is 1.38 bits per heavy atom. The van der Waals surface area contributed by atoms with Gasteiger partial charge in [0, 0.05) is 12.8 Å². The van der Waals surface area contributed by atoms with Crippen LogP contribution in [0.4, 0.5) is 17.8 Å². The number of aromatic nitrogens is 3. The van der Waals surface area contributed by atoms with Crippen LogP contribution in [0.3, 0.4) is 0 Å². The molecule has 1 saturated carbocycles. The Morgan fingerprint density at radius 1 is 0.750 bits per heavy atom. The van der Waals surface area contributed by atoms with Gasteiger partial charge >= 0.3 is 0 Å². The van der Waals surface area contributed by atoms with Gasteiger partial charge in [-0.2, -0.15) is 15.0 Å². The first-order valence-corrected chi connectivity index (χ1v) is 5.12. The molecule has 1 fully saturated rings. The average Bonchev–Trinajstić information content (AvgIpc) is 2.17. The molecule has 0 unspecified atom stereocenters. The van der Waals surface area contributed by atoms with Gasteiger partial charge in [0.1, 0.15) is 5.78 Å². The molecule has 0 amide bonds. The van der Waals surface area contributed by atoms with Gasteiger partial charge < -0.3 is 17.2 Å². The summed E-state index contributed by atoms with van der Waals surface area (Å²) in [5, 5.41) is 0. The van der Waals surface area contributed by atoms with Gasteiger partial charge in [-0.15, -0.1) is 0 Å². The van der Waals surface area contributed by atoms with E-state index in [1.807, 2.05) is 0 Å². The van der Waals surface area contributed by atoms with Gasteiger partial charge in [0.15, 0.2) is 0 Å². The summed E-state index contributed by atoms with van der Waals surface area (Å²) in [4.78, 5) is 20.9. The highest BCUT2D eigenvalue weighted by atomic mass is 16.1. The second kappa shape index (κ2) is 5.84. The zero-order chi connectivity index (χ0) is 12.0. The first kappa shape index (κ1) is 12.2. The quantitative estimate of drug-likeness (QED) is 0.570. The molecule has 0 saturated heterocycles. The summed E-state index contributed by atoms with van der Waals surface area (Å²) in [6, 6.07) is 0. The van der Waals surface area contributed by atoms with Crippen molar-refractivity contribution in [2.75, 3.05) is 17.2 Å². The number of nitrogens with two attached hydrogens (primary N) is 3. The van der Waals surface area contributed by atoms with Crippen molar-refractivity contribution in [1.82, 2.24) is 15.0 Å². The minimum atomic E-state index is 0.0417. The topological polar surface area (TPSA) is 134 Å². The molecule has 0 bridgehead atoms. The predicted molar refractivity (Wildman–Crippen MR) is 61.2 cm³/mol. The van der Waals surface area contributed by atoms with Crippen LogP contribution < -0.4 is 17.2 Å². The molecule has 7 nitrogen and oxygen atoms in total. The third kappa shape index (κ3) is 4.54. The fourth-order valence-corrected chi connectivity index (χ4v) is 1.37. The van der Waals surface area contributed by atoms with Crippen LogP contribution in [0.15, 0.2) is 0 Å². The fourth-order valence-electron chi connectivity index (χ4n) is 1.37.